The number of thioether (sulfide) groups is 1. The van der Waals surface area contributed by atoms with Crippen LogP contribution in [0.25, 0.3) is 0 Å². The van der Waals surface area contributed by atoms with Crippen molar-refractivity contribution < 1.29 is 14.1 Å². The minimum absolute atomic E-state index is 0.0370. The van der Waals surface area contributed by atoms with Gasteiger partial charge in [0.2, 0.25) is 5.91 Å². The quantitative estimate of drug-likeness (QED) is 0.505. The van der Waals surface area contributed by atoms with Gasteiger partial charge in [0.05, 0.1) is 10.7 Å². The Bertz CT molecular complexity index is 710. The molecule has 114 valence electrons. The number of amides is 1. The SMILES string of the molecule is O=C(CSc1ccc(F)cc1)Nc1cc(Cl)ccc1[N+](=O)[O-]. The third-order valence-corrected chi connectivity index (χ3v) is 3.86. The van der Waals surface area contributed by atoms with Crippen LogP contribution in [0.5, 0.6) is 0 Å². The number of nitrogens with zero attached hydrogens (tertiary/aromatic N) is 1. The smallest absolute Gasteiger partial charge is 0.292 e. The van der Waals surface area contributed by atoms with Crippen molar-refractivity contribution >= 4 is 40.6 Å². The van der Waals surface area contributed by atoms with Gasteiger partial charge >= 0.3 is 0 Å². The molecule has 0 aromatic heterocycles. The second-order valence-electron chi connectivity index (χ2n) is 4.21. The van der Waals surface area contributed by atoms with Crippen molar-refractivity contribution in [3.8, 4) is 0 Å². The van der Waals surface area contributed by atoms with Crippen LogP contribution in [0.4, 0.5) is 15.8 Å². The van der Waals surface area contributed by atoms with E-state index in [1.807, 2.05) is 0 Å². The van der Waals surface area contributed by atoms with Crippen LogP contribution in [-0.4, -0.2) is 16.6 Å². The summed E-state index contributed by atoms with van der Waals surface area (Å²) >= 11 is 6.97. The molecule has 2 aromatic carbocycles. The van der Waals surface area contributed by atoms with Crippen molar-refractivity contribution in [2.45, 2.75) is 4.90 Å². The predicted molar refractivity (Wildman–Crippen MR) is 83.9 cm³/mol. The highest BCUT2D eigenvalue weighted by molar-refractivity contribution is 8.00. The number of rotatable bonds is 5. The second-order valence-corrected chi connectivity index (χ2v) is 5.69. The van der Waals surface area contributed by atoms with Gasteiger partial charge in [-0.3, -0.25) is 14.9 Å². The molecule has 0 aliphatic carbocycles. The number of halogens is 2. The van der Waals surface area contributed by atoms with E-state index in [4.69, 9.17) is 11.6 Å². The van der Waals surface area contributed by atoms with E-state index in [0.717, 1.165) is 4.90 Å². The molecule has 2 rings (SSSR count). The van der Waals surface area contributed by atoms with Crippen LogP contribution < -0.4 is 5.32 Å². The fourth-order valence-electron chi connectivity index (χ4n) is 1.63. The number of carbonyl (C=O) groups is 1. The van der Waals surface area contributed by atoms with Crippen molar-refractivity contribution in [1.29, 1.82) is 0 Å². The first kappa shape index (κ1) is 16.3. The lowest BCUT2D eigenvalue weighted by atomic mass is 10.2. The summed E-state index contributed by atoms with van der Waals surface area (Å²) in [5.41, 5.74) is -0.188. The Labute approximate surface area is 134 Å². The highest BCUT2D eigenvalue weighted by Crippen LogP contribution is 2.28. The number of nitro groups is 1. The highest BCUT2D eigenvalue weighted by atomic mass is 35.5. The maximum Gasteiger partial charge on any atom is 0.292 e. The molecule has 0 aliphatic rings. The van der Waals surface area contributed by atoms with Gasteiger partial charge in [0.25, 0.3) is 5.69 Å². The molecular formula is C14H10ClFN2O3S. The van der Waals surface area contributed by atoms with Crippen LogP contribution in [0.2, 0.25) is 5.02 Å². The van der Waals surface area contributed by atoms with E-state index in [2.05, 4.69) is 5.32 Å². The zero-order valence-electron chi connectivity index (χ0n) is 11.1. The highest BCUT2D eigenvalue weighted by Gasteiger charge is 2.16. The third-order valence-electron chi connectivity index (χ3n) is 2.61. The molecule has 5 nitrogen and oxygen atoms in total. The van der Waals surface area contributed by atoms with Gasteiger partial charge < -0.3 is 5.32 Å². The first-order chi connectivity index (χ1) is 10.5. The topological polar surface area (TPSA) is 72.2 Å². The van der Waals surface area contributed by atoms with Crippen LogP contribution in [0, 0.1) is 15.9 Å². The van der Waals surface area contributed by atoms with Gasteiger partial charge in [-0.2, -0.15) is 0 Å². The van der Waals surface area contributed by atoms with Gasteiger partial charge in [0.15, 0.2) is 0 Å². The van der Waals surface area contributed by atoms with E-state index >= 15 is 0 Å². The molecule has 0 heterocycles. The first-order valence-electron chi connectivity index (χ1n) is 6.08. The second kappa shape index (κ2) is 7.24. The molecule has 22 heavy (non-hydrogen) atoms. The van der Waals surface area contributed by atoms with E-state index in [9.17, 15) is 19.3 Å². The van der Waals surface area contributed by atoms with Gasteiger partial charge in [0.1, 0.15) is 11.5 Å². The standard InChI is InChI=1S/C14H10ClFN2O3S/c15-9-1-6-13(18(20)21)12(7-9)17-14(19)8-22-11-4-2-10(16)3-5-11/h1-7H,8H2,(H,17,19). The van der Waals surface area contributed by atoms with Crippen LogP contribution in [0.1, 0.15) is 0 Å². The average molecular weight is 341 g/mol. The monoisotopic (exact) mass is 340 g/mol. The van der Waals surface area contributed by atoms with Gasteiger partial charge in [-0.25, -0.2) is 4.39 Å². The summed E-state index contributed by atoms with van der Waals surface area (Å²) in [4.78, 5) is 22.9. The number of nitrogens with one attached hydrogen (secondary N) is 1. The Hall–Kier alpha value is -2.12. The van der Waals surface area contributed by atoms with E-state index < -0.39 is 10.8 Å². The van der Waals surface area contributed by atoms with E-state index in [1.165, 1.54) is 42.1 Å². The maximum atomic E-state index is 12.8. The molecule has 8 heteroatoms. The fraction of sp³-hybridized carbons (Fsp3) is 0.0714. The molecule has 0 bridgehead atoms. The third kappa shape index (κ3) is 4.44. The number of benzene rings is 2. The van der Waals surface area contributed by atoms with Gasteiger partial charge in [-0.1, -0.05) is 11.6 Å². The molecule has 0 spiro atoms. The molecule has 0 unspecified atom stereocenters. The zero-order chi connectivity index (χ0) is 16.1. The molecule has 0 aliphatic heterocycles. The number of nitro benzene ring substituents is 1. The maximum absolute atomic E-state index is 12.8. The summed E-state index contributed by atoms with van der Waals surface area (Å²) in [6.07, 6.45) is 0. The fourth-order valence-corrected chi connectivity index (χ4v) is 2.50. The summed E-state index contributed by atoms with van der Waals surface area (Å²) in [6, 6.07) is 9.61. The van der Waals surface area contributed by atoms with Crippen molar-refractivity contribution in [1.82, 2.24) is 0 Å². The summed E-state index contributed by atoms with van der Waals surface area (Å²) in [5, 5.41) is 13.6. The Morgan fingerprint density at radius 3 is 2.59 bits per heavy atom. The molecule has 1 N–H and O–H groups in total. The molecule has 0 radical (unpaired) electrons. The summed E-state index contributed by atoms with van der Waals surface area (Å²) in [7, 11) is 0. The Morgan fingerprint density at radius 1 is 1.27 bits per heavy atom. The normalized spacial score (nSPS) is 10.3. The van der Waals surface area contributed by atoms with Crippen molar-refractivity contribution in [2.75, 3.05) is 11.1 Å². The Morgan fingerprint density at radius 2 is 1.95 bits per heavy atom. The zero-order valence-corrected chi connectivity index (χ0v) is 12.7. The molecule has 0 saturated heterocycles. The summed E-state index contributed by atoms with van der Waals surface area (Å²) in [5.74, 6) is -0.738. The minimum Gasteiger partial charge on any atom is -0.320 e. The molecule has 0 atom stereocenters. The van der Waals surface area contributed by atoms with Gasteiger partial charge in [-0.05, 0) is 36.4 Å². The molecular weight excluding hydrogens is 331 g/mol. The first-order valence-corrected chi connectivity index (χ1v) is 7.44. The average Bonchev–Trinajstić information content (AvgIpc) is 2.46. The lowest BCUT2D eigenvalue weighted by Crippen LogP contribution is -2.15. The van der Waals surface area contributed by atoms with Crippen molar-refractivity contribution in [3.05, 3.63) is 63.4 Å². The number of hydrogen-bond donors (Lipinski definition) is 1. The number of anilines is 1. The molecule has 1 amide bonds. The van der Waals surface area contributed by atoms with E-state index in [1.54, 1.807) is 12.1 Å². The lowest BCUT2D eigenvalue weighted by Gasteiger charge is -2.06. The van der Waals surface area contributed by atoms with Gasteiger partial charge in [0, 0.05) is 16.0 Å². The van der Waals surface area contributed by atoms with E-state index in [0.29, 0.717) is 0 Å². The van der Waals surface area contributed by atoms with Crippen LogP contribution in [0.3, 0.4) is 0 Å². The van der Waals surface area contributed by atoms with Crippen molar-refractivity contribution in [2.24, 2.45) is 0 Å². The van der Waals surface area contributed by atoms with Gasteiger partial charge in [-0.15, -0.1) is 11.8 Å². The Balaban J connectivity index is 2.01. The van der Waals surface area contributed by atoms with Crippen molar-refractivity contribution in [3.63, 3.8) is 0 Å². The predicted octanol–water partition coefficient (Wildman–Crippen LogP) is 4.12. The summed E-state index contributed by atoms with van der Waals surface area (Å²) < 4.78 is 12.8. The number of carbonyl (C=O) groups excluding carboxylic acids is 1. The molecule has 0 saturated carbocycles. The van der Waals surface area contributed by atoms with E-state index in [-0.39, 0.29) is 28.0 Å². The molecule has 0 fully saturated rings. The number of hydrogen-bond acceptors (Lipinski definition) is 4. The van der Waals surface area contributed by atoms with Crippen LogP contribution in [0.15, 0.2) is 47.4 Å². The summed E-state index contributed by atoms with van der Waals surface area (Å²) in [6.45, 7) is 0. The van der Waals surface area contributed by atoms with Crippen LogP contribution in [-0.2, 0) is 4.79 Å². The Kier molecular flexibility index (Phi) is 5.35. The molecule has 2 aromatic rings. The lowest BCUT2D eigenvalue weighted by molar-refractivity contribution is -0.383. The largest absolute Gasteiger partial charge is 0.320 e. The minimum atomic E-state index is -0.598. The van der Waals surface area contributed by atoms with Crippen LogP contribution >= 0.6 is 23.4 Å².